The number of benzene rings is 1. The quantitative estimate of drug-likeness (QED) is 0.630. The predicted octanol–water partition coefficient (Wildman–Crippen LogP) is 2.46. The molecular formula is C7H5F3N2O3. The van der Waals surface area contributed by atoms with Crippen molar-refractivity contribution in [2.45, 2.75) is 6.36 Å². The number of halogens is 3. The molecule has 1 aromatic carbocycles. The number of para-hydroxylation sites is 2. The predicted molar refractivity (Wildman–Crippen MR) is 43.9 cm³/mol. The van der Waals surface area contributed by atoms with E-state index < -0.39 is 17.0 Å². The highest BCUT2D eigenvalue weighted by atomic mass is 19.4. The van der Waals surface area contributed by atoms with Gasteiger partial charge in [-0.3, -0.25) is 15.6 Å². The third kappa shape index (κ3) is 3.43. The molecule has 0 saturated carbocycles. The number of alkyl halides is 3. The zero-order chi connectivity index (χ0) is 11.5. The van der Waals surface area contributed by atoms with Crippen LogP contribution in [0.1, 0.15) is 0 Å². The number of hydrogen-bond acceptors (Lipinski definition) is 4. The normalized spacial score (nSPS) is 11.1. The fraction of sp³-hybridized carbons (Fsp3) is 0.143. The van der Waals surface area contributed by atoms with Gasteiger partial charge in [0.15, 0.2) is 0 Å². The Morgan fingerprint density at radius 2 is 1.93 bits per heavy atom. The first-order valence-corrected chi connectivity index (χ1v) is 3.64. The Kier molecular flexibility index (Phi) is 3.10. The van der Waals surface area contributed by atoms with Crippen molar-refractivity contribution in [2.75, 3.05) is 5.48 Å². The topological polar surface area (TPSA) is 64.4 Å². The SMILES string of the molecule is O=[N+]([O-])c1ccccc1NOC(F)(F)F. The first kappa shape index (κ1) is 11.2. The van der Waals surface area contributed by atoms with Crippen LogP contribution in [0, 0.1) is 10.1 Å². The Hall–Kier alpha value is -1.83. The van der Waals surface area contributed by atoms with Gasteiger partial charge in [-0.2, -0.15) is 4.84 Å². The van der Waals surface area contributed by atoms with E-state index >= 15 is 0 Å². The maximum atomic E-state index is 11.6. The average Bonchev–Trinajstić information content (AvgIpc) is 2.14. The maximum absolute atomic E-state index is 11.6. The van der Waals surface area contributed by atoms with Crippen LogP contribution in [0.5, 0.6) is 0 Å². The summed E-state index contributed by atoms with van der Waals surface area (Å²) in [7, 11) is 0. The van der Waals surface area contributed by atoms with Crippen LogP contribution in [0.15, 0.2) is 24.3 Å². The molecule has 0 aromatic heterocycles. The van der Waals surface area contributed by atoms with Crippen molar-refractivity contribution in [1.29, 1.82) is 0 Å². The molecule has 5 nitrogen and oxygen atoms in total. The van der Waals surface area contributed by atoms with Crippen molar-refractivity contribution >= 4 is 11.4 Å². The van der Waals surface area contributed by atoms with E-state index in [-0.39, 0.29) is 5.69 Å². The number of hydrogen-bond donors (Lipinski definition) is 1. The van der Waals surface area contributed by atoms with E-state index in [0.29, 0.717) is 0 Å². The molecule has 0 fully saturated rings. The van der Waals surface area contributed by atoms with Gasteiger partial charge >= 0.3 is 6.36 Å². The number of nitrogens with zero attached hydrogens (tertiary/aromatic N) is 1. The summed E-state index contributed by atoms with van der Waals surface area (Å²) in [5.41, 5.74) is 0.608. The number of anilines is 1. The number of nitrogens with one attached hydrogen (secondary N) is 1. The minimum absolute atomic E-state index is 0.361. The molecule has 0 radical (unpaired) electrons. The molecule has 0 saturated heterocycles. The Morgan fingerprint density at radius 3 is 2.47 bits per heavy atom. The average molecular weight is 222 g/mol. The minimum atomic E-state index is -4.90. The summed E-state index contributed by atoms with van der Waals surface area (Å²) in [6.07, 6.45) is -4.90. The molecule has 1 rings (SSSR count). The lowest BCUT2D eigenvalue weighted by molar-refractivity contribution is -0.384. The van der Waals surface area contributed by atoms with E-state index in [1.165, 1.54) is 17.6 Å². The van der Waals surface area contributed by atoms with Crippen molar-refractivity contribution in [3.8, 4) is 0 Å². The van der Waals surface area contributed by atoms with Crippen LogP contribution in [-0.4, -0.2) is 11.3 Å². The van der Waals surface area contributed by atoms with Gasteiger partial charge in [0.1, 0.15) is 5.69 Å². The second-order valence-corrected chi connectivity index (χ2v) is 2.42. The molecule has 0 aliphatic rings. The summed E-state index contributed by atoms with van der Waals surface area (Å²) in [6, 6.07) is 4.83. The molecule has 0 unspecified atom stereocenters. The van der Waals surface area contributed by atoms with E-state index in [2.05, 4.69) is 4.84 Å². The fourth-order valence-corrected chi connectivity index (χ4v) is 0.832. The van der Waals surface area contributed by atoms with Crippen LogP contribution in [0.3, 0.4) is 0 Å². The first-order valence-electron chi connectivity index (χ1n) is 3.64. The van der Waals surface area contributed by atoms with Gasteiger partial charge in [0.05, 0.1) is 4.92 Å². The summed E-state index contributed by atoms with van der Waals surface area (Å²) in [5, 5.41) is 10.4. The highest BCUT2D eigenvalue weighted by molar-refractivity contribution is 5.59. The van der Waals surface area contributed by atoms with E-state index in [0.717, 1.165) is 12.1 Å². The van der Waals surface area contributed by atoms with E-state index in [1.54, 1.807) is 0 Å². The number of nitro benzene ring substituents is 1. The maximum Gasteiger partial charge on any atom is 0.543 e. The Labute approximate surface area is 81.6 Å². The largest absolute Gasteiger partial charge is 0.543 e. The number of rotatable bonds is 3. The van der Waals surface area contributed by atoms with Gasteiger partial charge < -0.3 is 0 Å². The summed E-state index contributed by atoms with van der Waals surface area (Å²) in [6.45, 7) is 0. The van der Waals surface area contributed by atoms with Crippen molar-refractivity contribution in [3.63, 3.8) is 0 Å². The van der Waals surface area contributed by atoms with Gasteiger partial charge in [-0.25, -0.2) is 0 Å². The molecule has 82 valence electrons. The van der Waals surface area contributed by atoms with Gasteiger partial charge in [0.25, 0.3) is 5.69 Å². The summed E-state index contributed by atoms with van der Waals surface area (Å²) < 4.78 is 34.9. The minimum Gasteiger partial charge on any atom is -0.258 e. The third-order valence-electron chi connectivity index (χ3n) is 1.38. The Bertz CT molecular complexity index is 367. The summed E-state index contributed by atoms with van der Waals surface area (Å²) >= 11 is 0. The monoisotopic (exact) mass is 222 g/mol. The number of nitro groups is 1. The highest BCUT2D eigenvalue weighted by Gasteiger charge is 2.31. The van der Waals surface area contributed by atoms with Crippen LogP contribution in [0.2, 0.25) is 0 Å². The smallest absolute Gasteiger partial charge is 0.258 e. The summed E-state index contributed by atoms with van der Waals surface area (Å²) in [5.74, 6) is 0. The van der Waals surface area contributed by atoms with Crippen LogP contribution in [0.25, 0.3) is 0 Å². The van der Waals surface area contributed by atoms with Gasteiger partial charge in [-0.1, -0.05) is 12.1 Å². The van der Waals surface area contributed by atoms with Crippen LogP contribution >= 0.6 is 0 Å². The standard InChI is InChI=1S/C7H5F3N2O3/c8-7(9,10)15-11-5-3-1-2-4-6(5)12(13)14/h1-4,11H. The second kappa shape index (κ2) is 4.13. The van der Waals surface area contributed by atoms with E-state index in [9.17, 15) is 23.3 Å². The van der Waals surface area contributed by atoms with Crippen molar-refractivity contribution in [3.05, 3.63) is 34.4 Å². The van der Waals surface area contributed by atoms with Crippen molar-refractivity contribution in [2.24, 2.45) is 0 Å². The van der Waals surface area contributed by atoms with E-state index in [4.69, 9.17) is 0 Å². The fourth-order valence-electron chi connectivity index (χ4n) is 0.832. The molecule has 0 spiro atoms. The lowest BCUT2D eigenvalue weighted by Gasteiger charge is -2.08. The zero-order valence-corrected chi connectivity index (χ0v) is 7.12. The molecule has 1 N–H and O–H groups in total. The lowest BCUT2D eigenvalue weighted by atomic mass is 10.3. The molecule has 0 amide bonds. The first-order chi connectivity index (χ1) is 6.90. The molecule has 0 aliphatic carbocycles. The Morgan fingerprint density at radius 1 is 1.33 bits per heavy atom. The molecule has 0 aliphatic heterocycles. The summed E-state index contributed by atoms with van der Waals surface area (Å²) in [4.78, 5) is 12.8. The van der Waals surface area contributed by atoms with Gasteiger partial charge in [0, 0.05) is 6.07 Å². The molecule has 0 heterocycles. The van der Waals surface area contributed by atoms with Crippen LogP contribution in [0.4, 0.5) is 24.5 Å². The Balaban J connectivity index is 2.81. The van der Waals surface area contributed by atoms with E-state index in [1.807, 2.05) is 0 Å². The van der Waals surface area contributed by atoms with Gasteiger partial charge in [0.2, 0.25) is 0 Å². The highest BCUT2D eigenvalue weighted by Crippen LogP contribution is 2.25. The van der Waals surface area contributed by atoms with Crippen molar-refractivity contribution < 1.29 is 22.9 Å². The van der Waals surface area contributed by atoms with Gasteiger partial charge in [-0.05, 0) is 6.07 Å². The van der Waals surface area contributed by atoms with Crippen LogP contribution < -0.4 is 5.48 Å². The molecule has 15 heavy (non-hydrogen) atoms. The third-order valence-corrected chi connectivity index (χ3v) is 1.38. The molecule has 0 atom stereocenters. The van der Waals surface area contributed by atoms with Crippen molar-refractivity contribution in [1.82, 2.24) is 0 Å². The molecule has 0 bridgehead atoms. The molecule has 1 aromatic rings. The van der Waals surface area contributed by atoms with Crippen LogP contribution in [-0.2, 0) is 4.84 Å². The second-order valence-electron chi connectivity index (χ2n) is 2.42. The molecule has 8 heteroatoms. The zero-order valence-electron chi connectivity index (χ0n) is 7.12. The molecular weight excluding hydrogens is 217 g/mol. The van der Waals surface area contributed by atoms with Gasteiger partial charge in [-0.15, -0.1) is 13.2 Å². The lowest BCUT2D eigenvalue weighted by Crippen LogP contribution is -2.18.